The van der Waals surface area contributed by atoms with E-state index in [9.17, 15) is 4.79 Å². The number of anilines is 1. The first-order valence-electron chi connectivity index (χ1n) is 6.46. The van der Waals surface area contributed by atoms with Crippen molar-refractivity contribution >= 4 is 23.2 Å². The standard InChI is InChI=1S/C16H17ClN2O2/c1-19(2)16(20)14-8-7-13(18)9-15(14)21-10-11-3-5-12(17)6-4-11/h3-9H,10,18H2,1-2H3. The lowest BCUT2D eigenvalue weighted by molar-refractivity contribution is 0.0823. The van der Waals surface area contributed by atoms with Gasteiger partial charge in [0.1, 0.15) is 12.4 Å². The molecule has 0 fully saturated rings. The van der Waals surface area contributed by atoms with Gasteiger partial charge in [0, 0.05) is 30.9 Å². The summed E-state index contributed by atoms with van der Waals surface area (Å²) < 4.78 is 5.74. The van der Waals surface area contributed by atoms with Crippen LogP contribution in [0.4, 0.5) is 5.69 Å². The normalized spacial score (nSPS) is 10.2. The van der Waals surface area contributed by atoms with Crippen molar-refractivity contribution in [1.82, 2.24) is 4.90 Å². The molecule has 5 heteroatoms. The maximum atomic E-state index is 12.1. The molecule has 2 aromatic carbocycles. The van der Waals surface area contributed by atoms with E-state index in [1.165, 1.54) is 4.90 Å². The van der Waals surface area contributed by atoms with Crippen molar-refractivity contribution in [3.05, 3.63) is 58.6 Å². The molecule has 2 rings (SSSR count). The Hall–Kier alpha value is -2.20. The number of benzene rings is 2. The molecule has 0 aliphatic heterocycles. The van der Waals surface area contributed by atoms with Gasteiger partial charge in [0.25, 0.3) is 5.91 Å². The molecule has 1 amide bonds. The topological polar surface area (TPSA) is 55.6 Å². The van der Waals surface area contributed by atoms with Crippen LogP contribution in [0.2, 0.25) is 5.02 Å². The fourth-order valence-corrected chi connectivity index (χ4v) is 1.94. The summed E-state index contributed by atoms with van der Waals surface area (Å²) in [7, 11) is 3.39. The monoisotopic (exact) mass is 304 g/mol. The van der Waals surface area contributed by atoms with Gasteiger partial charge in [-0.25, -0.2) is 0 Å². The summed E-state index contributed by atoms with van der Waals surface area (Å²) in [6.07, 6.45) is 0. The fraction of sp³-hybridized carbons (Fsp3) is 0.188. The summed E-state index contributed by atoms with van der Waals surface area (Å²) in [5.41, 5.74) is 7.77. The summed E-state index contributed by atoms with van der Waals surface area (Å²) >= 11 is 5.84. The molecular formula is C16H17ClN2O2. The minimum atomic E-state index is -0.124. The molecule has 0 saturated carbocycles. The van der Waals surface area contributed by atoms with Crippen LogP contribution in [0.5, 0.6) is 5.75 Å². The zero-order chi connectivity index (χ0) is 15.4. The van der Waals surface area contributed by atoms with Crippen LogP contribution in [0.25, 0.3) is 0 Å². The second-order valence-electron chi connectivity index (χ2n) is 4.87. The van der Waals surface area contributed by atoms with Crippen molar-refractivity contribution in [3.8, 4) is 5.75 Å². The van der Waals surface area contributed by atoms with Crippen molar-refractivity contribution in [1.29, 1.82) is 0 Å². The predicted molar refractivity (Wildman–Crippen MR) is 84.7 cm³/mol. The predicted octanol–water partition coefficient (Wildman–Crippen LogP) is 3.20. The van der Waals surface area contributed by atoms with E-state index in [0.717, 1.165) is 5.56 Å². The van der Waals surface area contributed by atoms with E-state index in [-0.39, 0.29) is 5.91 Å². The Labute approximate surface area is 129 Å². The molecule has 0 bridgehead atoms. The lowest BCUT2D eigenvalue weighted by Crippen LogP contribution is -2.22. The number of ether oxygens (including phenoxy) is 1. The minimum Gasteiger partial charge on any atom is -0.488 e. The van der Waals surface area contributed by atoms with E-state index in [4.69, 9.17) is 22.1 Å². The smallest absolute Gasteiger partial charge is 0.257 e. The first-order chi connectivity index (χ1) is 9.97. The maximum Gasteiger partial charge on any atom is 0.257 e. The SMILES string of the molecule is CN(C)C(=O)c1ccc(N)cc1OCc1ccc(Cl)cc1. The summed E-state index contributed by atoms with van der Waals surface area (Å²) in [6, 6.07) is 12.4. The van der Waals surface area contributed by atoms with Crippen molar-refractivity contribution in [2.75, 3.05) is 19.8 Å². The number of rotatable bonds is 4. The molecule has 0 saturated heterocycles. The maximum absolute atomic E-state index is 12.1. The average molecular weight is 305 g/mol. The molecule has 0 spiro atoms. The zero-order valence-electron chi connectivity index (χ0n) is 12.0. The van der Waals surface area contributed by atoms with Crippen LogP contribution in [0, 0.1) is 0 Å². The van der Waals surface area contributed by atoms with Crippen LogP contribution in [0.1, 0.15) is 15.9 Å². The van der Waals surface area contributed by atoms with Crippen LogP contribution >= 0.6 is 11.6 Å². The van der Waals surface area contributed by atoms with E-state index in [1.807, 2.05) is 12.1 Å². The van der Waals surface area contributed by atoms with Gasteiger partial charge in [0.2, 0.25) is 0 Å². The minimum absolute atomic E-state index is 0.124. The first-order valence-corrected chi connectivity index (χ1v) is 6.83. The quantitative estimate of drug-likeness (QED) is 0.883. The Kier molecular flexibility index (Phi) is 4.70. The number of hydrogen-bond acceptors (Lipinski definition) is 3. The Balaban J connectivity index is 2.20. The number of carbonyl (C=O) groups is 1. The number of carbonyl (C=O) groups excluding carboxylic acids is 1. The van der Waals surface area contributed by atoms with E-state index in [0.29, 0.717) is 28.6 Å². The average Bonchev–Trinajstić information content (AvgIpc) is 2.46. The van der Waals surface area contributed by atoms with Crippen LogP contribution in [0.3, 0.4) is 0 Å². The van der Waals surface area contributed by atoms with Crippen LogP contribution in [-0.2, 0) is 6.61 Å². The molecule has 2 aromatic rings. The van der Waals surface area contributed by atoms with Crippen molar-refractivity contribution in [2.45, 2.75) is 6.61 Å². The molecule has 0 aromatic heterocycles. The largest absolute Gasteiger partial charge is 0.488 e. The summed E-state index contributed by atoms with van der Waals surface area (Å²) in [4.78, 5) is 13.6. The van der Waals surface area contributed by atoms with E-state index < -0.39 is 0 Å². The molecule has 110 valence electrons. The third kappa shape index (κ3) is 3.89. The molecule has 0 heterocycles. The van der Waals surface area contributed by atoms with Crippen LogP contribution < -0.4 is 10.5 Å². The van der Waals surface area contributed by atoms with Gasteiger partial charge in [-0.3, -0.25) is 4.79 Å². The van der Waals surface area contributed by atoms with E-state index in [2.05, 4.69) is 0 Å². The Morgan fingerprint density at radius 1 is 1.19 bits per heavy atom. The summed E-state index contributed by atoms with van der Waals surface area (Å²) in [6.45, 7) is 0.342. The molecule has 0 aliphatic rings. The molecular weight excluding hydrogens is 288 g/mol. The van der Waals surface area contributed by atoms with E-state index in [1.54, 1.807) is 44.4 Å². The van der Waals surface area contributed by atoms with Gasteiger partial charge >= 0.3 is 0 Å². The Morgan fingerprint density at radius 2 is 1.86 bits per heavy atom. The molecule has 0 aliphatic carbocycles. The number of nitrogens with zero attached hydrogens (tertiary/aromatic N) is 1. The van der Waals surface area contributed by atoms with Gasteiger partial charge in [0.15, 0.2) is 0 Å². The highest BCUT2D eigenvalue weighted by Crippen LogP contribution is 2.24. The second kappa shape index (κ2) is 6.50. The number of amides is 1. The van der Waals surface area contributed by atoms with Gasteiger partial charge in [-0.1, -0.05) is 23.7 Å². The molecule has 21 heavy (non-hydrogen) atoms. The summed E-state index contributed by atoms with van der Waals surface area (Å²) in [5.74, 6) is 0.352. The molecule has 2 N–H and O–H groups in total. The van der Waals surface area contributed by atoms with Crippen molar-refractivity contribution in [3.63, 3.8) is 0 Å². The van der Waals surface area contributed by atoms with Gasteiger partial charge < -0.3 is 15.4 Å². The third-order valence-electron chi connectivity index (χ3n) is 2.95. The lowest BCUT2D eigenvalue weighted by Gasteiger charge is -2.15. The third-order valence-corrected chi connectivity index (χ3v) is 3.20. The Bertz CT molecular complexity index is 639. The number of nitrogen functional groups attached to an aromatic ring is 1. The number of halogens is 1. The lowest BCUT2D eigenvalue weighted by atomic mass is 10.1. The zero-order valence-corrected chi connectivity index (χ0v) is 12.7. The number of hydrogen-bond donors (Lipinski definition) is 1. The highest BCUT2D eigenvalue weighted by Gasteiger charge is 2.14. The number of nitrogens with two attached hydrogens (primary N) is 1. The van der Waals surface area contributed by atoms with Gasteiger partial charge in [0.05, 0.1) is 5.56 Å². The van der Waals surface area contributed by atoms with Crippen molar-refractivity contribution < 1.29 is 9.53 Å². The van der Waals surface area contributed by atoms with Crippen LogP contribution in [-0.4, -0.2) is 24.9 Å². The van der Waals surface area contributed by atoms with Gasteiger partial charge in [-0.2, -0.15) is 0 Å². The molecule has 4 nitrogen and oxygen atoms in total. The summed E-state index contributed by atoms with van der Waals surface area (Å²) in [5, 5.41) is 0.672. The highest BCUT2D eigenvalue weighted by molar-refractivity contribution is 6.30. The molecule has 0 radical (unpaired) electrons. The second-order valence-corrected chi connectivity index (χ2v) is 5.31. The fourth-order valence-electron chi connectivity index (χ4n) is 1.82. The van der Waals surface area contributed by atoms with Crippen molar-refractivity contribution in [2.24, 2.45) is 0 Å². The van der Waals surface area contributed by atoms with Gasteiger partial charge in [-0.15, -0.1) is 0 Å². The first kappa shape index (κ1) is 15.2. The molecule has 0 atom stereocenters. The Morgan fingerprint density at radius 3 is 2.48 bits per heavy atom. The van der Waals surface area contributed by atoms with Crippen LogP contribution in [0.15, 0.2) is 42.5 Å². The van der Waals surface area contributed by atoms with Gasteiger partial charge in [-0.05, 0) is 29.8 Å². The highest BCUT2D eigenvalue weighted by atomic mass is 35.5. The van der Waals surface area contributed by atoms with E-state index >= 15 is 0 Å². The molecule has 0 unspecified atom stereocenters.